The van der Waals surface area contributed by atoms with Crippen LogP contribution >= 0.6 is 0 Å². The van der Waals surface area contributed by atoms with E-state index < -0.39 is 5.97 Å². The molecular formula is C19H19N5O5. The summed E-state index contributed by atoms with van der Waals surface area (Å²) in [5.41, 5.74) is 1.49. The SMILES string of the molecule is COC(=O)c1cccc(NC(=O)Cn2nnc(-c3ccc(OCCO)cc3)n2)c1. The molecule has 2 N–H and O–H groups in total. The normalized spacial score (nSPS) is 10.4. The molecule has 0 radical (unpaired) electrons. The van der Waals surface area contributed by atoms with E-state index in [1.165, 1.54) is 18.0 Å². The number of ether oxygens (including phenoxy) is 2. The predicted octanol–water partition coefficient (Wildman–Crippen LogP) is 1.14. The van der Waals surface area contributed by atoms with Crippen LogP contribution in [0.4, 0.5) is 5.69 Å². The summed E-state index contributed by atoms with van der Waals surface area (Å²) in [6.07, 6.45) is 0. The molecule has 1 aromatic heterocycles. The fourth-order valence-corrected chi connectivity index (χ4v) is 2.46. The number of carbonyl (C=O) groups excluding carboxylic acids is 2. The second-order valence-corrected chi connectivity index (χ2v) is 5.86. The minimum Gasteiger partial charge on any atom is -0.491 e. The van der Waals surface area contributed by atoms with Crippen LogP contribution in [0.1, 0.15) is 10.4 Å². The van der Waals surface area contributed by atoms with E-state index in [1.807, 2.05) is 0 Å². The van der Waals surface area contributed by atoms with Crippen LogP contribution in [-0.4, -0.2) is 57.5 Å². The first-order valence-electron chi connectivity index (χ1n) is 8.69. The lowest BCUT2D eigenvalue weighted by atomic mass is 10.2. The van der Waals surface area contributed by atoms with Gasteiger partial charge in [0, 0.05) is 11.3 Å². The van der Waals surface area contributed by atoms with E-state index in [0.717, 1.165) is 0 Å². The number of methoxy groups -OCH3 is 1. The second-order valence-electron chi connectivity index (χ2n) is 5.86. The van der Waals surface area contributed by atoms with Gasteiger partial charge in [-0.3, -0.25) is 4.79 Å². The van der Waals surface area contributed by atoms with Crippen molar-refractivity contribution in [2.75, 3.05) is 25.6 Å². The van der Waals surface area contributed by atoms with Gasteiger partial charge >= 0.3 is 5.97 Å². The molecule has 10 nitrogen and oxygen atoms in total. The fourth-order valence-electron chi connectivity index (χ4n) is 2.46. The predicted molar refractivity (Wildman–Crippen MR) is 102 cm³/mol. The van der Waals surface area contributed by atoms with Crippen LogP contribution in [0.2, 0.25) is 0 Å². The van der Waals surface area contributed by atoms with Gasteiger partial charge in [-0.15, -0.1) is 10.2 Å². The number of amides is 1. The minimum atomic E-state index is -0.489. The molecule has 0 aliphatic carbocycles. The molecule has 29 heavy (non-hydrogen) atoms. The Labute approximate surface area is 166 Å². The maximum atomic E-state index is 12.2. The van der Waals surface area contributed by atoms with Crippen LogP contribution in [0.3, 0.4) is 0 Å². The Bertz CT molecular complexity index is 987. The Kier molecular flexibility index (Phi) is 6.48. The van der Waals surface area contributed by atoms with Crippen molar-refractivity contribution in [3.05, 3.63) is 54.1 Å². The van der Waals surface area contributed by atoms with Gasteiger partial charge in [0.1, 0.15) is 18.9 Å². The van der Waals surface area contributed by atoms with Crippen molar-refractivity contribution in [3.63, 3.8) is 0 Å². The molecule has 3 aromatic rings. The summed E-state index contributed by atoms with van der Waals surface area (Å²) in [4.78, 5) is 25.0. The number of rotatable bonds is 8. The van der Waals surface area contributed by atoms with E-state index in [4.69, 9.17) is 9.84 Å². The highest BCUT2D eigenvalue weighted by Crippen LogP contribution is 2.18. The third-order valence-corrected chi connectivity index (χ3v) is 3.78. The summed E-state index contributed by atoms with van der Waals surface area (Å²) in [7, 11) is 1.29. The summed E-state index contributed by atoms with van der Waals surface area (Å²) in [6.45, 7) is 0.00521. The Balaban J connectivity index is 1.61. The van der Waals surface area contributed by atoms with Gasteiger partial charge in [0.2, 0.25) is 11.7 Å². The number of esters is 1. The number of benzene rings is 2. The van der Waals surface area contributed by atoms with Crippen LogP contribution in [0, 0.1) is 0 Å². The third kappa shape index (κ3) is 5.36. The van der Waals surface area contributed by atoms with Crippen LogP contribution in [0.5, 0.6) is 5.75 Å². The number of aliphatic hydroxyl groups excluding tert-OH is 1. The average Bonchev–Trinajstić information content (AvgIpc) is 3.20. The average molecular weight is 397 g/mol. The molecule has 10 heteroatoms. The number of aromatic nitrogens is 4. The van der Waals surface area contributed by atoms with Crippen molar-refractivity contribution in [2.45, 2.75) is 6.54 Å². The minimum absolute atomic E-state index is 0.0628. The van der Waals surface area contributed by atoms with Gasteiger partial charge in [-0.25, -0.2) is 4.79 Å². The van der Waals surface area contributed by atoms with Crippen molar-refractivity contribution in [3.8, 4) is 17.1 Å². The molecule has 3 rings (SSSR count). The molecule has 1 heterocycles. The summed E-state index contributed by atoms with van der Waals surface area (Å²) < 4.78 is 9.96. The third-order valence-electron chi connectivity index (χ3n) is 3.78. The highest BCUT2D eigenvalue weighted by molar-refractivity contribution is 5.94. The standard InChI is InChI=1S/C19H19N5O5/c1-28-19(27)14-3-2-4-15(11-14)20-17(26)12-24-22-18(21-23-24)13-5-7-16(8-6-13)29-10-9-25/h2-8,11,25H,9-10,12H2,1H3,(H,20,26). The molecule has 0 unspecified atom stereocenters. The van der Waals surface area contributed by atoms with E-state index in [1.54, 1.807) is 42.5 Å². The highest BCUT2D eigenvalue weighted by Gasteiger charge is 2.11. The summed E-state index contributed by atoms with van der Waals surface area (Å²) in [5, 5.41) is 23.5. The Hall–Kier alpha value is -3.79. The van der Waals surface area contributed by atoms with Gasteiger partial charge in [-0.2, -0.15) is 4.80 Å². The Morgan fingerprint density at radius 2 is 1.97 bits per heavy atom. The molecule has 0 atom stereocenters. The number of carbonyl (C=O) groups is 2. The zero-order valence-electron chi connectivity index (χ0n) is 15.6. The molecule has 0 saturated heterocycles. The zero-order valence-corrected chi connectivity index (χ0v) is 15.6. The maximum Gasteiger partial charge on any atom is 0.337 e. The van der Waals surface area contributed by atoms with Gasteiger partial charge < -0.3 is 19.9 Å². The van der Waals surface area contributed by atoms with Crippen LogP contribution < -0.4 is 10.1 Å². The summed E-state index contributed by atoms with van der Waals surface area (Å²) in [5.74, 6) is 0.114. The van der Waals surface area contributed by atoms with Gasteiger partial charge in [-0.05, 0) is 47.7 Å². The topological polar surface area (TPSA) is 128 Å². The van der Waals surface area contributed by atoms with Crippen LogP contribution in [0.25, 0.3) is 11.4 Å². The monoisotopic (exact) mass is 397 g/mol. The molecule has 0 aliphatic heterocycles. The van der Waals surface area contributed by atoms with E-state index in [9.17, 15) is 9.59 Å². The van der Waals surface area contributed by atoms with Crippen LogP contribution in [-0.2, 0) is 16.1 Å². The number of tetrazole rings is 1. The van der Waals surface area contributed by atoms with Gasteiger partial charge in [0.25, 0.3) is 0 Å². The molecule has 1 amide bonds. The number of anilines is 1. The number of hydrogen-bond donors (Lipinski definition) is 2. The smallest absolute Gasteiger partial charge is 0.337 e. The first-order chi connectivity index (χ1) is 14.1. The molecule has 0 saturated carbocycles. The number of nitrogens with zero attached hydrogens (tertiary/aromatic N) is 4. The van der Waals surface area contributed by atoms with Gasteiger partial charge in [-0.1, -0.05) is 6.07 Å². The van der Waals surface area contributed by atoms with Crippen molar-refractivity contribution in [1.29, 1.82) is 0 Å². The molecule has 2 aromatic carbocycles. The molecule has 0 spiro atoms. The van der Waals surface area contributed by atoms with E-state index in [-0.39, 0.29) is 25.7 Å². The van der Waals surface area contributed by atoms with Crippen molar-refractivity contribution >= 4 is 17.6 Å². The van der Waals surface area contributed by atoms with Crippen LogP contribution in [0.15, 0.2) is 48.5 Å². The second kappa shape index (κ2) is 9.42. The quantitative estimate of drug-likeness (QED) is 0.542. The molecule has 0 fully saturated rings. The van der Waals surface area contributed by atoms with E-state index in [2.05, 4.69) is 25.5 Å². The molecule has 0 bridgehead atoms. The molecule has 150 valence electrons. The highest BCUT2D eigenvalue weighted by atomic mass is 16.5. The van der Waals surface area contributed by atoms with E-state index in [0.29, 0.717) is 28.4 Å². The largest absolute Gasteiger partial charge is 0.491 e. The Morgan fingerprint density at radius 1 is 1.17 bits per heavy atom. The van der Waals surface area contributed by atoms with Crippen molar-refractivity contribution < 1.29 is 24.2 Å². The van der Waals surface area contributed by atoms with Crippen molar-refractivity contribution in [2.24, 2.45) is 0 Å². The lowest BCUT2D eigenvalue weighted by Crippen LogP contribution is -2.20. The van der Waals surface area contributed by atoms with E-state index >= 15 is 0 Å². The molecule has 0 aliphatic rings. The fraction of sp³-hybridized carbons (Fsp3) is 0.211. The first kappa shape index (κ1) is 20.0. The summed E-state index contributed by atoms with van der Waals surface area (Å²) >= 11 is 0. The van der Waals surface area contributed by atoms with Crippen molar-refractivity contribution in [1.82, 2.24) is 20.2 Å². The zero-order chi connectivity index (χ0) is 20.6. The maximum absolute atomic E-state index is 12.2. The number of hydrogen-bond acceptors (Lipinski definition) is 8. The van der Waals surface area contributed by atoms with Gasteiger partial charge in [0.05, 0.1) is 19.3 Å². The number of aliphatic hydroxyl groups is 1. The Morgan fingerprint density at radius 3 is 2.69 bits per heavy atom. The van der Waals surface area contributed by atoms with Gasteiger partial charge in [0.15, 0.2) is 0 Å². The lowest BCUT2D eigenvalue weighted by Gasteiger charge is -2.06. The molecular weight excluding hydrogens is 378 g/mol. The number of nitrogens with one attached hydrogen (secondary N) is 1. The first-order valence-corrected chi connectivity index (χ1v) is 8.69. The lowest BCUT2D eigenvalue weighted by molar-refractivity contribution is -0.117. The summed E-state index contributed by atoms with van der Waals surface area (Å²) in [6, 6.07) is 13.4.